The molecule has 0 radical (unpaired) electrons. The molecule has 31 heavy (non-hydrogen) atoms. The summed E-state index contributed by atoms with van der Waals surface area (Å²) in [4.78, 5) is 12.6. The van der Waals surface area contributed by atoms with Crippen molar-refractivity contribution in [2.45, 2.75) is 25.6 Å². The average molecular weight is 421 g/mol. The van der Waals surface area contributed by atoms with Crippen molar-refractivity contribution >= 4 is 5.91 Å². The van der Waals surface area contributed by atoms with Crippen molar-refractivity contribution in [3.05, 3.63) is 83.8 Å². The maximum atomic E-state index is 12.6. The minimum Gasteiger partial charge on any atom is -0.493 e. The van der Waals surface area contributed by atoms with Gasteiger partial charge >= 0.3 is 0 Å². The van der Waals surface area contributed by atoms with Crippen LogP contribution in [0.1, 0.15) is 40.8 Å². The predicted octanol–water partition coefficient (Wildman–Crippen LogP) is 4.76. The van der Waals surface area contributed by atoms with E-state index in [0.717, 1.165) is 25.0 Å². The highest BCUT2D eigenvalue weighted by molar-refractivity contribution is 5.91. The fraction of sp³-hybridized carbons (Fsp3) is 0.320. The molecule has 162 valence electrons. The van der Waals surface area contributed by atoms with Crippen LogP contribution in [0.5, 0.6) is 11.5 Å². The zero-order valence-corrected chi connectivity index (χ0v) is 17.6. The molecule has 0 aliphatic carbocycles. The largest absolute Gasteiger partial charge is 0.493 e. The Morgan fingerprint density at radius 1 is 1.03 bits per heavy atom. The molecular weight excluding hydrogens is 394 g/mol. The molecule has 1 aliphatic rings. The number of hydrogen-bond donors (Lipinski definition) is 1. The molecule has 0 spiro atoms. The molecule has 1 aromatic heterocycles. The Morgan fingerprint density at radius 3 is 2.61 bits per heavy atom. The lowest BCUT2D eigenvalue weighted by Crippen LogP contribution is -2.35. The van der Waals surface area contributed by atoms with Crippen LogP contribution in [-0.2, 0) is 11.3 Å². The Morgan fingerprint density at radius 2 is 1.81 bits per heavy atom. The molecule has 1 aliphatic heterocycles. The number of benzene rings is 2. The second kappa shape index (κ2) is 10.2. The molecule has 2 atom stereocenters. The van der Waals surface area contributed by atoms with E-state index in [0.29, 0.717) is 23.8 Å². The number of ether oxygens (including phenoxy) is 3. The summed E-state index contributed by atoms with van der Waals surface area (Å²) < 4.78 is 22.7. The maximum Gasteiger partial charge on any atom is 0.287 e. The van der Waals surface area contributed by atoms with E-state index in [-0.39, 0.29) is 30.3 Å². The highest BCUT2D eigenvalue weighted by atomic mass is 16.5. The van der Waals surface area contributed by atoms with Crippen molar-refractivity contribution in [3.63, 3.8) is 0 Å². The Hall–Kier alpha value is -3.25. The number of carbonyl (C=O) groups is 1. The molecule has 0 bridgehead atoms. The minimum absolute atomic E-state index is 0.00309. The summed E-state index contributed by atoms with van der Waals surface area (Å²) in [5.41, 5.74) is 1.15. The van der Waals surface area contributed by atoms with Crippen LogP contribution < -0.4 is 14.8 Å². The lowest BCUT2D eigenvalue weighted by Gasteiger charge is -2.32. The van der Waals surface area contributed by atoms with Gasteiger partial charge in [-0.1, -0.05) is 42.5 Å². The van der Waals surface area contributed by atoms with E-state index in [1.807, 2.05) is 42.5 Å². The first kappa shape index (κ1) is 21.0. The van der Waals surface area contributed by atoms with Crippen LogP contribution >= 0.6 is 0 Å². The zero-order chi connectivity index (χ0) is 21.5. The van der Waals surface area contributed by atoms with Crippen molar-refractivity contribution in [2.75, 3.05) is 20.3 Å². The summed E-state index contributed by atoms with van der Waals surface area (Å²) in [6.07, 6.45) is 2.00. The molecule has 0 saturated carbocycles. The van der Waals surface area contributed by atoms with Gasteiger partial charge < -0.3 is 23.9 Å². The predicted molar refractivity (Wildman–Crippen MR) is 116 cm³/mol. The van der Waals surface area contributed by atoms with Crippen LogP contribution in [0.3, 0.4) is 0 Å². The second-order valence-corrected chi connectivity index (χ2v) is 7.52. The highest BCUT2D eigenvalue weighted by Crippen LogP contribution is 2.33. The summed E-state index contributed by atoms with van der Waals surface area (Å²) >= 11 is 0. The number of furan rings is 1. The molecule has 6 nitrogen and oxygen atoms in total. The van der Waals surface area contributed by atoms with Gasteiger partial charge in [-0.2, -0.15) is 0 Å². The Labute approximate surface area is 182 Å². The highest BCUT2D eigenvalue weighted by Gasteiger charge is 2.28. The molecule has 6 heteroatoms. The maximum absolute atomic E-state index is 12.6. The van der Waals surface area contributed by atoms with Gasteiger partial charge in [0.15, 0.2) is 17.3 Å². The normalized spacial score (nSPS) is 18.4. The number of rotatable bonds is 8. The summed E-state index contributed by atoms with van der Waals surface area (Å²) in [6.45, 7) is 1.49. The Kier molecular flexibility index (Phi) is 6.89. The number of nitrogens with one attached hydrogen (secondary N) is 1. The summed E-state index contributed by atoms with van der Waals surface area (Å²) in [6, 6.07) is 21.0. The van der Waals surface area contributed by atoms with Gasteiger partial charge in [0.05, 0.1) is 13.2 Å². The van der Waals surface area contributed by atoms with E-state index in [2.05, 4.69) is 17.4 Å². The van der Waals surface area contributed by atoms with E-state index < -0.39 is 0 Å². The van der Waals surface area contributed by atoms with Crippen LogP contribution in [-0.4, -0.2) is 26.2 Å². The zero-order valence-electron chi connectivity index (χ0n) is 17.6. The Balaban J connectivity index is 1.32. The number of hydrogen-bond acceptors (Lipinski definition) is 5. The summed E-state index contributed by atoms with van der Waals surface area (Å²) in [7, 11) is 1.59. The number of para-hydroxylation sites is 2. The fourth-order valence-electron chi connectivity index (χ4n) is 3.84. The SMILES string of the molecule is COc1ccccc1OCc1ccc(C(=O)NCC2CCCOC2c2ccccc2)o1. The van der Waals surface area contributed by atoms with Crippen LogP contribution in [0.15, 0.2) is 71.1 Å². The van der Waals surface area contributed by atoms with Crippen molar-refractivity contribution in [3.8, 4) is 11.5 Å². The summed E-state index contributed by atoms with van der Waals surface area (Å²) in [5.74, 6) is 2.10. The number of methoxy groups -OCH3 is 1. The summed E-state index contributed by atoms with van der Waals surface area (Å²) in [5, 5.41) is 3.00. The van der Waals surface area contributed by atoms with Gasteiger partial charge in [-0.05, 0) is 42.7 Å². The van der Waals surface area contributed by atoms with Gasteiger partial charge in [0.25, 0.3) is 5.91 Å². The van der Waals surface area contributed by atoms with E-state index in [9.17, 15) is 4.79 Å². The minimum atomic E-state index is -0.235. The third-order valence-electron chi connectivity index (χ3n) is 5.42. The van der Waals surface area contributed by atoms with Crippen LogP contribution in [0.2, 0.25) is 0 Å². The average Bonchev–Trinajstić information content (AvgIpc) is 3.31. The number of amides is 1. The van der Waals surface area contributed by atoms with Gasteiger partial charge in [0.2, 0.25) is 0 Å². The van der Waals surface area contributed by atoms with Crippen molar-refractivity contribution < 1.29 is 23.4 Å². The standard InChI is InChI=1S/C25H27NO5/c1-28-21-11-5-6-12-22(21)30-17-20-13-14-23(31-20)25(27)26-16-19-10-7-15-29-24(19)18-8-3-2-4-9-18/h2-6,8-9,11-14,19,24H,7,10,15-17H2,1H3,(H,26,27). The van der Waals surface area contributed by atoms with Crippen molar-refractivity contribution in [2.24, 2.45) is 5.92 Å². The third kappa shape index (κ3) is 5.27. The lowest BCUT2D eigenvalue weighted by atomic mass is 9.89. The third-order valence-corrected chi connectivity index (χ3v) is 5.42. The van der Waals surface area contributed by atoms with E-state index >= 15 is 0 Å². The molecule has 3 aromatic rings. The molecule has 2 heterocycles. The van der Waals surface area contributed by atoms with Crippen LogP contribution in [0, 0.1) is 5.92 Å². The molecule has 2 unspecified atom stereocenters. The molecule has 2 aromatic carbocycles. The van der Waals surface area contributed by atoms with Gasteiger partial charge in [-0.15, -0.1) is 0 Å². The quantitative estimate of drug-likeness (QED) is 0.568. The Bertz CT molecular complexity index is 984. The lowest BCUT2D eigenvalue weighted by molar-refractivity contribution is -0.0273. The van der Waals surface area contributed by atoms with Gasteiger partial charge in [-0.3, -0.25) is 4.79 Å². The fourth-order valence-corrected chi connectivity index (χ4v) is 3.84. The molecule has 1 fully saturated rings. The van der Waals surface area contributed by atoms with Crippen LogP contribution in [0.25, 0.3) is 0 Å². The van der Waals surface area contributed by atoms with Gasteiger partial charge in [0.1, 0.15) is 12.4 Å². The monoisotopic (exact) mass is 421 g/mol. The first-order valence-corrected chi connectivity index (χ1v) is 10.5. The van der Waals surface area contributed by atoms with Gasteiger partial charge in [-0.25, -0.2) is 0 Å². The van der Waals surface area contributed by atoms with Crippen molar-refractivity contribution in [1.82, 2.24) is 5.32 Å². The molecule has 1 N–H and O–H groups in total. The van der Waals surface area contributed by atoms with E-state index in [1.54, 1.807) is 19.2 Å². The first-order chi connectivity index (χ1) is 15.2. The molecular formula is C25H27NO5. The molecule has 1 saturated heterocycles. The van der Waals surface area contributed by atoms with Crippen LogP contribution in [0.4, 0.5) is 0 Å². The smallest absolute Gasteiger partial charge is 0.287 e. The van der Waals surface area contributed by atoms with Gasteiger partial charge in [0, 0.05) is 19.1 Å². The molecule has 4 rings (SSSR count). The molecule has 1 amide bonds. The first-order valence-electron chi connectivity index (χ1n) is 10.5. The topological polar surface area (TPSA) is 69.9 Å². The number of carbonyl (C=O) groups excluding carboxylic acids is 1. The van der Waals surface area contributed by atoms with E-state index in [4.69, 9.17) is 18.6 Å². The van der Waals surface area contributed by atoms with Crippen molar-refractivity contribution in [1.29, 1.82) is 0 Å². The van der Waals surface area contributed by atoms with E-state index in [1.165, 1.54) is 0 Å². The second-order valence-electron chi connectivity index (χ2n) is 7.52.